The summed E-state index contributed by atoms with van der Waals surface area (Å²) in [4.78, 5) is 27.8. The number of ether oxygens (including phenoxy) is 1. The van der Waals surface area contributed by atoms with Crippen LogP contribution >= 0.6 is 0 Å². The summed E-state index contributed by atoms with van der Waals surface area (Å²) in [5.74, 6) is 2.10. The summed E-state index contributed by atoms with van der Waals surface area (Å²) in [6.07, 6.45) is 2.98. The van der Waals surface area contributed by atoms with E-state index in [0.29, 0.717) is 11.6 Å². The average molecular weight is 355 g/mol. The molecule has 1 amide bonds. The Balaban J connectivity index is 1.86. The van der Waals surface area contributed by atoms with Crippen molar-refractivity contribution in [3.05, 3.63) is 41.5 Å². The predicted octanol–water partition coefficient (Wildman–Crippen LogP) is 2.93. The minimum Gasteiger partial charge on any atom is -0.375 e. The average Bonchev–Trinajstić information content (AvgIpc) is 2.61. The molecule has 0 radical (unpaired) electrons. The molecule has 0 aromatic carbocycles. The molecule has 1 saturated heterocycles. The molecule has 1 N–H and O–H groups in total. The highest BCUT2D eigenvalue weighted by Crippen LogP contribution is 2.31. The Kier molecular flexibility index (Phi) is 5.78. The van der Waals surface area contributed by atoms with Crippen molar-refractivity contribution in [1.29, 1.82) is 0 Å². The van der Waals surface area contributed by atoms with Crippen molar-refractivity contribution in [2.24, 2.45) is 0 Å². The monoisotopic (exact) mass is 355 g/mol. The Bertz CT molecular complexity index is 780. The van der Waals surface area contributed by atoms with Crippen LogP contribution in [0.3, 0.4) is 0 Å². The van der Waals surface area contributed by atoms with E-state index in [1.165, 1.54) is 0 Å². The van der Waals surface area contributed by atoms with Crippen molar-refractivity contribution in [3.8, 4) is 0 Å². The van der Waals surface area contributed by atoms with Gasteiger partial charge in [0.25, 0.3) is 0 Å². The maximum absolute atomic E-state index is 12.4. The first-order valence-electron chi connectivity index (χ1n) is 8.91. The van der Waals surface area contributed by atoms with E-state index in [9.17, 15) is 4.79 Å². The van der Waals surface area contributed by atoms with Gasteiger partial charge in [-0.3, -0.25) is 4.79 Å². The quantitative estimate of drug-likeness (QED) is 0.888. The largest absolute Gasteiger partial charge is 0.375 e. The normalized spacial score (nSPS) is 17.2. The Morgan fingerprint density at radius 2 is 2.08 bits per heavy atom. The number of carbonyl (C=O) groups excluding carboxylic acids is 1. The Morgan fingerprint density at radius 3 is 2.85 bits per heavy atom. The van der Waals surface area contributed by atoms with Gasteiger partial charge in [0.2, 0.25) is 5.91 Å². The van der Waals surface area contributed by atoms with Gasteiger partial charge in [-0.05, 0) is 45.2 Å². The summed E-state index contributed by atoms with van der Waals surface area (Å²) >= 11 is 0. The molecule has 3 heterocycles. The topological polar surface area (TPSA) is 80.2 Å². The molecule has 0 aliphatic carbocycles. The lowest BCUT2D eigenvalue weighted by molar-refractivity contribution is -0.139. The molecule has 7 nitrogen and oxygen atoms in total. The number of carbonyl (C=O) groups is 1. The van der Waals surface area contributed by atoms with Crippen LogP contribution in [0.25, 0.3) is 0 Å². The molecule has 1 atom stereocenters. The number of rotatable bonds is 5. The number of likely N-dealkylation sites (tertiary alicyclic amines) is 1. The third-order valence-corrected chi connectivity index (χ3v) is 4.43. The number of nitrogens with one attached hydrogen (secondary N) is 1. The van der Waals surface area contributed by atoms with Crippen LogP contribution in [-0.2, 0) is 9.53 Å². The predicted molar refractivity (Wildman–Crippen MR) is 99.2 cm³/mol. The van der Waals surface area contributed by atoms with E-state index in [4.69, 9.17) is 4.74 Å². The molecule has 0 saturated carbocycles. The van der Waals surface area contributed by atoms with Crippen LogP contribution in [-0.4, -0.2) is 46.0 Å². The number of amides is 1. The van der Waals surface area contributed by atoms with Gasteiger partial charge in [0.05, 0.1) is 11.7 Å². The summed E-state index contributed by atoms with van der Waals surface area (Å²) in [6.45, 7) is 4.64. The summed E-state index contributed by atoms with van der Waals surface area (Å²) in [5.41, 5.74) is 1.79. The van der Waals surface area contributed by atoms with Gasteiger partial charge >= 0.3 is 0 Å². The number of methoxy groups -OCH3 is 1. The first kappa shape index (κ1) is 18.3. The van der Waals surface area contributed by atoms with Crippen molar-refractivity contribution in [3.63, 3.8) is 0 Å². The van der Waals surface area contributed by atoms with Gasteiger partial charge < -0.3 is 15.0 Å². The fourth-order valence-electron chi connectivity index (χ4n) is 3.31. The van der Waals surface area contributed by atoms with Gasteiger partial charge in [-0.25, -0.2) is 15.0 Å². The van der Waals surface area contributed by atoms with Crippen molar-refractivity contribution in [1.82, 2.24) is 19.9 Å². The Morgan fingerprint density at radius 1 is 1.23 bits per heavy atom. The smallest absolute Gasteiger partial charge is 0.249 e. The maximum atomic E-state index is 12.4. The molecule has 0 bridgehead atoms. The fourth-order valence-corrected chi connectivity index (χ4v) is 3.31. The van der Waals surface area contributed by atoms with Crippen molar-refractivity contribution in [2.75, 3.05) is 25.6 Å². The third kappa shape index (κ3) is 4.35. The van der Waals surface area contributed by atoms with Crippen LogP contribution in [0.5, 0.6) is 0 Å². The van der Waals surface area contributed by atoms with E-state index in [0.717, 1.165) is 43.0 Å². The summed E-state index contributed by atoms with van der Waals surface area (Å²) in [6, 6.07) is 7.67. The maximum Gasteiger partial charge on any atom is 0.249 e. The molecule has 1 aliphatic heterocycles. The van der Waals surface area contributed by atoms with Crippen molar-refractivity contribution in [2.45, 2.75) is 39.2 Å². The van der Waals surface area contributed by atoms with Gasteiger partial charge in [0, 0.05) is 25.4 Å². The van der Waals surface area contributed by atoms with E-state index in [1.54, 1.807) is 7.11 Å². The van der Waals surface area contributed by atoms with Gasteiger partial charge in [-0.1, -0.05) is 6.07 Å². The molecule has 2 aromatic heterocycles. The molecular weight excluding hydrogens is 330 g/mol. The molecule has 138 valence electrons. The zero-order valence-corrected chi connectivity index (χ0v) is 15.5. The molecule has 26 heavy (non-hydrogen) atoms. The van der Waals surface area contributed by atoms with Gasteiger partial charge in [-0.2, -0.15) is 0 Å². The molecule has 0 unspecified atom stereocenters. The van der Waals surface area contributed by atoms with Crippen molar-refractivity contribution < 1.29 is 9.53 Å². The lowest BCUT2D eigenvalue weighted by atomic mass is 9.98. The van der Waals surface area contributed by atoms with Gasteiger partial charge in [0.15, 0.2) is 0 Å². The second kappa shape index (κ2) is 8.23. The summed E-state index contributed by atoms with van der Waals surface area (Å²) in [7, 11) is 1.54. The van der Waals surface area contributed by atoms with E-state index in [2.05, 4.69) is 20.3 Å². The molecule has 1 fully saturated rings. The number of pyridine rings is 1. The van der Waals surface area contributed by atoms with E-state index in [1.807, 2.05) is 43.0 Å². The highest BCUT2D eigenvalue weighted by Gasteiger charge is 2.29. The lowest BCUT2D eigenvalue weighted by Crippen LogP contribution is -2.40. The standard InChI is InChI=1S/C19H25N5O2/c1-13-7-6-9-17(20-13)23-18-11-15(21-14(2)22-18)16-8-4-5-10-24(16)19(25)12-26-3/h6-7,9,11,16H,4-5,8,10,12H2,1-3H3,(H,20,21,22,23)/t16-/m1/s1. The Hall–Kier alpha value is -2.54. The molecular formula is C19H25N5O2. The number of anilines is 2. The number of hydrogen-bond acceptors (Lipinski definition) is 6. The van der Waals surface area contributed by atoms with Crippen LogP contribution < -0.4 is 5.32 Å². The zero-order chi connectivity index (χ0) is 18.5. The summed E-state index contributed by atoms with van der Waals surface area (Å²) in [5, 5.41) is 3.24. The molecule has 1 aliphatic rings. The van der Waals surface area contributed by atoms with Gasteiger partial charge in [-0.15, -0.1) is 0 Å². The summed E-state index contributed by atoms with van der Waals surface area (Å²) < 4.78 is 5.03. The number of aryl methyl sites for hydroxylation is 2. The first-order chi connectivity index (χ1) is 12.6. The highest BCUT2D eigenvalue weighted by molar-refractivity contribution is 5.78. The van der Waals surface area contributed by atoms with E-state index >= 15 is 0 Å². The van der Waals surface area contributed by atoms with Crippen LogP contribution in [0.1, 0.15) is 42.5 Å². The van der Waals surface area contributed by atoms with Crippen LogP contribution in [0.2, 0.25) is 0 Å². The van der Waals surface area contributed by atoms with E-state index in [-0.39, 0.29) is 18.6 Å². The fraction of sp³-hybridized carbons (Fsp3) is 0.474. The second-order valence-electron chi connectivity index (χ2n) is 6.55. The number of piperidine rings is 1. The van der Waals surface area contributed by atoms with Gasteiger partial charge in [0.1, 0.15) is 24.1 Å². The van der Waals surface area contributed by atoms with Crippen LogP contribution in [0.4, 0.5) is 11.6 Å². The minimum atomic E-state index is -0.0425. The molecule has 7 heteroatoms. The third-order valence-electron chi connectivity index (χ3n) is 4.43. The van der Waals surface area contributed by atoms with Crippen molar-refractivity contribution >= 4 is 17.5 Å². The molecule has 0 spiro atoms. The first-order valence-corrected chi connectivity index (χ1v) is 8.91. The lowest BCUT2D eigenvalue weighted by Gasteiger charge is -2.35. The number of aromatic nitrogens is 3. The van der Waals surface area contributed by atoms with Crippen LogP contribution in [0, 0.1) is 13.8 Å². The number of nitrogens with zero attached hydrogens (tertiary/aromatic N) is 4. The minimum absolute atomic E-state index is 0.00308. The number of hydrogen-bond donors (Lipinski definition) is 1. The van der Waals surface area contributed by atoms with E-state index < -0.39 is 0 Å². The molecule has 3 rings (SSSR count). The highest BCUT2D eigenvalue weighted by atomic mass is 16.5. The molecule has 2 aromatic rings. The SMILES string of the molecule is COCC(=O)N1CCCC[C@@H]1c1cc(Nc2cccc(C)n2)nc(C)n1. The Labute approximate surface area is 153 Å². The second-order valence-corrected chi connectivity index (χ2v) is 6.55. The zero-order valence-electron chi connectivity index (χ0n) is 15.5. The van der Waals surface area contributed by atoms with Crippen LogP contribution in [0.15, 0.2) is 24.3 Å².